The molecule has 3 rings (SSSR count). The lowest BCUT2D eigenvalue weighted by molar-refractivity contribution is 0.0697. The highest BCUT2D eigenvalue weighted by atomic mass is 19.1. The Morgan fingerprint density at radius 2 is 2.18 bits per heavy atom. The van der Waals surface area contributed by atoms with E-state index in [1.807, 2.05) is 6.92 Å². The van der Waals surface area contributed by atoms with Crippen molar-refractivity contribution in [2.24, 2.45) is 0 Å². The van der Waals surface area contributed by atoms with E-state index >= 15 is 0 Å². The molecule has 0 saturated heterocycles. The first-order valence-electron chi connectivity index (χ1n) is 6.57. The number of ether oxygens (including phenoxy) is 1. The van der Waals surface area contributed by atoms with Gasteiger partial charge in [-0.05, 0) is 30.7 Å². The van der Waals surface area contributed by atoms with Gasteiger partial charge in [0.2, 0.25) is 0 Å². The molecule has 6 heteroatoms. The van der Waals surface area contributed by atoms with Crippen LogP contribution in [0.4, 0.5) is 4.39 Å². The van der Waals surface area contributed by atoms with Gasteiger partial charge in [-0.1, -0.05) is 6.07 Å². The summed E-state index contributed by atoms with van der Waals surface area (Å²) in [6.07, 6.45) is 3.13. The van der Waals surface area contributed by atoms with Gasteiger partial charge < -0.3 is 9.84 Å². The maximum Gasteiger partial charge on any atom is 0.336 e. The molecule has 2 heterocycles. The van der Waals surface area contributed by atoms with Crippen molar-refractivity contribution in [1.82, 2.24) is 9.61 Å². The fraction of sp³-hybridized carbons (Fsp3) is 0.125. The lowest BCUT2D eigenvalue weighted by atomic mass is 9.99. The smallest absolute Gasteiger partial charge is 0.336 e. The summed E-state index contributed by atoms with van der Waals surface area (Å²) in [7, 11) is 1.41. The number of fused-ring (bicyclic) bond motifs is 1. The van der Waals surface area contributed by atoms with Crippen LogP contribution >= 0.6 is 0 Å². The van der Waals surface area contributed by atoms with Gasteiger partial charge in [-0.15, -0.1) is 0 Å². The normalized spacial score (nSPS) is 10.9. The predicted octanol–water partition coefficient (Wildman–Crippen LogP) is 3.16. The van der Waals surface area contributed by atoms with Gasteiger partial charge in [-0.25, -0.2) is 13.7 Å². The fourth-order valence-corrected chi connectivity index (χ4v) is 2.46. The van der Waals surface area contributed by atoms with Gasteiger partial charge in [-0.2, -0.15) is 5.10 Å². The summed E-state index contributed by atoms with van der Waals surface area (Å²) in [4.78, 5) is 11.6. The first kappa shape index (κ1) is 14.1. The zero-order chi connectivity index (χ0) is 15.9. The molecule has 0 bridgehead atoms. The number of benzene rings is 1. The molecule has 1 N–H and O–H groups in total. The summed E-state index contributed by atoms with van der Waals surface area (Å²) in [6, 6.07) is 5.85. The van der Waals surface area contributed by atoms with Crippen LogP contribution in [0.3, 0.4) is 0 Å². The van der Waals surface area contributed by atoms with E-state index in [1.165, 1.54) is 36.0 Å². The Balaban J connectivity index is 2.40. The number of nitrogens with zero attached hydrogens (tertiary/aromatic N) is 2. The van der Waals surface area contributed by atoms with Gasteiger partial charge in [0.1, 0.15) is 11.6 Å². The molecule has 112 valence electrons. The molecule has 0 amide bonds. The van der Waals surface area contributed by atoms with E-state index in [2.05, 4.69) is 5.10 Å². The topological polar surface area (TPSA) is 63.8 Å². The minimum atomic E-state index is -1.14. The molecule has 2 aromatic heterocycles. The van der Waals surface area contributed by atoms with Crippen LogP contribution in [0.1, 0.15) is 15.9 Å². The summed E-state index contributed by atoms with van der Waals surface area (Å²) in [6.45, 7) is 1.83. The molecule has 1 aromatic carbocycles. The second-order valence-electron chi connectivity index (χ2n) is 4.88. The number of aromatic carboxylic acids is 1. The summed E-state index contributed by atoms with van der Waals surface area (Å²) in [5.41, 5.74) is 1.83. The zero-order valence-corrected chi connectivity index (χ0v) is 12.0. The Hall–Kier alpha value is -2.89. The fourth-order valence-electron chi connectivity index (χ4n) is 2.46. The molecule has 3 aromatic rings. The summed E-state index contributed by atoms with van der Waals surface area (Å²) in [5, 5.41) is 13.6. The Bertz CT molecular complexity index is 886. The third kappa shape index (κ3) is 2.09. The second-order valence-corrected chi connectivity index (χ2v) is 4.88. The molecule has 0 unspecified atom stereocenters. The van der Waals surface area contributed by atoms with Crippen molar-refractivity contribution in [3.8, 4) is 16.9 Å². The number of carboxylic acid groups (broad SMARTS) is 1. The average Bonchev–Trinajstić information content (AvgIpc) is 2.86. The summed E-state index contributed by atoms with van der Waals surface area (Å²) < 4.78 is 21.0. The highest BCUT2D eigenvalue weighted by Crippen LogP contribution is 2.35. The number of hydrogen-bond donors (Lipinski definition) is 1. The SMILES string of the molecule is COc1cccc(F)c1-c1cn2ncc(C)c2cc1C(=O)O. The van der Waals surface area contributed by atoms with Crippen LogP contribution < -0.4 is 4.74 Å². The molecule has 0 radical (unpaired) electrons. The van der Waals surface area contributed by atoms with Crippen LogP contribution in [0.25, 0.3) is 16.6 Å². The van der Waals surface area contributed by atoms with Crippen LogP contribution in [0.15, 0.2) is 36.7 Å². The molecule has 0 saturated carbocycles. The van der Waals surface area contributed by atoms with Gasteiger partial charge in [-0.3, -0.25) is 0 Å². The van der Waals surface area contributed by atoms with Gasteiger partial charge in [0.15, 0.2) is 0 Å². The van der Waals surface area contributed by atoms with Gasteiger partial charge in [0.25, 0.3) is 0 Å². The molecule has 5 nitrogen and oxygen atoms in total. The number of aryl methyl sites for hydroxylation is 1. The molecule has 0 spiro atoms. The lowest BCUT2D eigenvalue weighted by Gasteiger charge is -2.12. The van der Waals surface area contributed by atoms with Crippen molar-refractivity contribution in [3.05, 3.63) is 53.6 Å². The largest absolute Gasteiger partial charge is 0.496 e. The van der Waals surface area contributed by atoms with E-state index in [-0.39, 0.29) is 22.4 Å². The Labute approximate surface area is 125 Å². The minimum Gasteiger partial charge on any atom is -0.496 e. The van der Waals surface area contributed by atoms with Crippen molar-refractivity contribution >= 4 is 11.5 Å². The maximum absolute atomic E-state index is 14.3. The van der Waals surface area contributed by atoms with Crippen molar-refractivity contribution in [3.63, 3.8) is 0 Å². The van der Waals surface area contributed by atoms with E-state index in [9.17, 15) is 14.3 Å². The van der Waals surface area contributed by atoms with E-state index in [0.717, 1.165) is 5.56 Å². The first-order chi connectivity index (χ1) is 10.5. The van der Waals surface area contributed by atoms with Crippen molar-refractivity contribution in [2.45, 2.75) is 6.92 Å². The zero-order valence-electron chi connectivity index (χ0n) is 12.0. The Kier molecular flexibility index (Phi) is 3.29. The molecule has 0 atom stereocenters. The van der Waals surface area contributed by atoms with E-state index in [4.69, 9.17) is 4.74 Å². The number of methoxy groups -OCH3 is 1. The van der Waals surface area contributed by atoms with Crippen LogP contribution in [0.5, 0.6) is 5.75 Å². The number of hydrogen-bond acceptors (Lipinski definition) is 3. The minimum absolute atomic E-state index is 0.000463. The highest BCUT2D eigenvalue weighted by molar-refractivity contribution is 5.98. The number of carbonyl (C=O) groups is 1. The van der Waals surface area contributed by atoms with Crippen LogP contribution in [-0.4, -0.2) is 27.8 Å². The molecule has 0 aliphatic heterocycles. The number of halogens is 1. The molecule has 22 heavy (non-hydrogen) atoms. The lowest BCUT2D eigenvalue weighted by Crippen LogP contribution is -2.04. The Morgan fingerprint density at radius 3 is 2.86 bits per heavy atom. The maximum atomic E-state index is 14.3. The van der Waals surface area contributed by atoms with E-state index < -0.39 is 11.8 Å². The van der Waals surface area contributed by atoms with Crippen LogP contribution in [0.2, 0.25) is 0 Å². The third-order valence-corrected chi connectivity index (χ3v) is 3.54. The number of aromatic nitrogens is 2. The summed E-state index contributed by atoms with van der Waals surface area (Å²) >= 11 is 0. The number of pyridine rings is 1. The first-order valence-corrected chi connectivity index (χ1v) is 6.57. The summed E-state index contributed by atoms with van der Waals surface area (Å²) in [5.74, 6) is -1.42. The van der Waals surface area contributed by atoms with Gasteiger partial charge >= 0.3 is 5.97 Å². The van der Waals surface area contributed by atoms with Crippen LogP contribution in [0, 0.1) is 12.7 Å². The number of carboxylic acids is 1. The van der Waals surface area contributed by atoms with E-state index in [1.54, 1.807) is 12.3 Å². The highest BCUT2D eigenvalue weighted by Gasteiger charge is 2.20. The Morgan fingerprint density at radius 1 is 1.41 bits per heavy atom. The monoisotopic (exact) mass is 300 g/mol. The standard InChI is InChI=1S/C16H13FN2O3/c1-9-7-18-19-8-11(10(16(20)21)6-13(9)19)15-12(17)4-3-5-14(15)22-2/h3-8H,1-2H3,(H,20,21). The number of rotatable bonds is 3. The van der Waals surface area contributed by atoms with Crippen LogP contribution in [-0.2, 0) is 0 Å². The molecular weight excluding hydrogens is 287 g/mol. The predicted molar refractivity (Wildman–Crippen MR) is 78.8 cm³/mol. The van der Waals surface area contributed by atoms with Crippen molar-refractivity contribution in [1.29, 1.82) is 0 Å². The third-order valence-electron chi connectivity index (χ3n) is 3.54. The van der Waals surface area contributed by atoms with E-state index in [0.29, 0.717) is 5.52 Å². The van der Waals surface area contributed by atoms with Crippen molar-refractivity contribution < 1.29 is 19.0 Å². The molecular formula is C16H13FN2O3. The molecule has 0 aliphatic carbocycles. The van der Waals surface area contributed by atoms with Gasteiger partial charge in [0, 0.05) is 11.8 Å². The molecule has 0 fully saturated rings. The van der Waals surface area contributed by atoms with Gasteiger partial charge in [0.05, 0.1) is 30.0 Å². The molecule has 0 aliphatic rings. The van der Waals surface area contributed by atoms with Crippen molar-refractivity contribution in [2.75, 3.05) is 7.11 Å². The quantitative estimate of drug-likeness (QED) is 0.807. The average molecular weight is 300 g/mol. The second kappa shape index (κ2) is 5.14.